The van der Waals surface area contributed by atoms with Gasteiger partial charge in [0.05, 0.1) is 5.82 Å². The summed E-state index contributed by atoms with van der Waals surface area (Å²) in [6.07, 6.45) is 0. The highest BCUT2D eigenvalue weighted by Crippen LogP contribution is 2.17. The van der Waals surface area contributed by atoms with E-state index in [0.29, 0.717) is 17.7 Å². The molecule has 0 aliphatic heterocycles. The van der Waals surface area contributed by atoms with E-state index in [1.807, 2.05) is 0 Å². The fourth-order valence-electron chi connectivity index (χ4n) is 1.09. The Balaban J connectivity index is 2.83. The first kappa shape index (κ1) is 13.9. The fourth-order valence-corrected chi connectivity index (χ4v) is 1.15. The molecule has 0 bridgehead atoms. The number of benzene rings is 1. The molecular weight excluding hydrogens is 258 g/mol. The molecule has 0 radical (unpaired) electrons. The zero-order valence-corrected chi connectivity index (χ0v) is 9.65. The lowest BCUT2D eigenvalue weighted by Crippen LogP contribution is -2.36. The van der Waals surface area contributed by atoms with Crippen molar-refractivity contribution >= 4 is 24.0 Å². The van der Waals surface area contributed by atoms with Gasteiger partial charge >= 0.3 is 6.98 Å². The van der Waals surface area contributed by atoms with E-state index in [0.717, 1.165) is 6.07 Å². The number of rotatable bonds is 4. The van der Waals surface area contributed by atoms with Crippen molar-refractivity contribution in [1.29, 1.82) is 0 Å². The molecule has 17 heavy (non-hydrogen) atoms. The average Bonchev–Trinajstić information content (AvgIpc) is 2.24. The highest BCUT2D eigenvalue weighted by molar-refractivity contribution is 6.73. The summed E-state index contributed by atoms with van der Waals surface area (Å²) in [5.41, 5.74) is 0.710. The molecule has 0 saturated carbocycles. The van der Waals surface area contributed by atoms with Crippen LogP contribution in [-0.2, 0) is 0 Å². The van der Waals surface area contributed by atoms with Crippen LogP contribution in [-0.4, -0.2) is 13.6 Å². The van der Waals surface area contributed by atoms with Crippen molar-refractivity contribution in [2.24, 2.45) is 0 Å². The monoisotopic (exact) mass is 267 g/mol. The summed E-state index contributed by atoms with van der Waals surface area (Å²) >= 11 is 5.37. The van der Waals surface area contributed by atoms with Crippen LogP contribution in [0.4, 0.5) is 17.3 Å². The summed E-state index contributed by atoms with van der Waals surface area (Å²) in [7, 11) is 0. The largest absolute Gasteiger partial charge is 0.512 e. The van der Waals surface area contributed by atoms with Crippen LogP contribution in [0.5, 0.6) is 5.75 Å². The minimum atomic E-state index is -5.34. The molecule has 1 rings (SSSR count). The van der Waals surface area contributed by atoms with E-state index in [9.17, 15) is 17.3 Å². The van der Waals surface area contributed by atoms with E-state index in [2.05, 4.69) is 0 Å². The van der Waals surface area contributed by atoms with E-state index in [1.165, 1.54) is 5.54 Å². The molecule has 0 amide bonds. The first-order valence-corrected chi connectivity index (χ1v) is 5.16. The molecule has 0 saturated heterocycles. The molecule has 0 heterocycles. The van der Waals surface area contributed by atoms with Gasteiger partial charge in [-0.1, -0.05) is 23.1 Å². The lowest BCUT2D eigenvalue weighted by molar-refractivity contribution is 0.350. The predicted octanol–water partition coefficient (Wildman–Crippen LogP) is 3.40. The second-order valence-corrected chi connectivity index (χ2v) is 3.72. The highest BCUT2D eigenvalue weighted by Gasteiger charge is 2.28. The van der Waals surface area contributed by atoms with E-state index in [1.54, 1.807) is 6.92 Å². The van der Waals surface area contributed by atoms with E-state index >= 15 is 0 Å². The SMILES string of the molecule is C/C(=C/Cl)COc1ccc([B-](F)(F)F)c(F)c1. The quantitative estimate of drug-likeness (QED) is 0.600. The molecule has 0 aromatic heterocycles. The van der Waals surface area contributed by atoms with Crippen molar-refractivity contribution in [3.63, 3.8) is 0 Å². The summed E-state index contributed by atoms with van der Waals surface area (Å²) in [6.45, 7) is -3.56. The van der Waals surface area contributed by atoms with Gasteiger partial charge in [0.25, 0.3) is 0 Å². The molecular formula is C10H9BClF4O-. The second kappa shape index (κ2) is 5.45. The van der Waals surface area contributed by atoms with Gasteiger partial charge < -0.3 is 17.7 Å². The second-order valence-electron chi connectivity index (χ2n) is 3.50. The van der Waals surface area contributed by atoms with Gasteiger partial charge in [-0.05, 0) is 18.6 Å². The summed E-state index contributed by atoms with van der Waals surface area (Å²) in [5, 5.41) is 0. The maximum Gasteiger partial charge on any atom is 0.512 e. The number of halogens is 5. The molecule has 1 aromatic rings. The zero-order valence-electron chi connectivity index (χ0n) is 8.89. The lowest BCUT2D eigenvalue weighted by Gasteiger charge is -2.16. The van der Waals surface area contributed by atoms with Crippen molar-refractivity contribution in [2.45, 2.75) is 6.92 Å². The number of hydrogen-bond acceptors (Lipinski definition) is 1. The predicted molar refractivity (Wildman–Crippen MR) is 60.2 cm³/mol. The Morgan fingerprint density at radius 2 is 2.06 bits per heavy atom. The molecule has 0 fully saturated rings. The van der Waals surface area contributed by atoms with Crippen LogP contribution in [0, 0.1) is 5.82 Å². The van der Waals surface area contributed by atoms with Crippen LogP contribution in [0.25, 0.3) is 0 Å². The maximum atomic E-state index is 13.1. The smallest absolute Gasteiger partial charge is 0.489 e. The molecule has 0 unspecified atom stereocenters. The summed E-state index contributed by atoms with van der Waals surface area (Å²) in [4.78, 5) is 0. The molecule has 1 nitrogen and oxygen atoms in total. The van der Waals surface area contributed by atoms with Gasteiger partial charge in [0.2, 0.25) is 0 Å². The molecule has 0 aliphatic rings. The Hall–Kier alpha value is -1.17. The maximum absolute atomic E-state index is 13.1. The molecule has 7 heteroatoms. The van der Waals surface area contributed by atoms with Crippen LogP contribution in [0.3, 0.4) is 0 Å². The van der Waals surface area contributed by atoms with Crippen LogP contribution < -0.4 is 10.2 Å². The normalized spacial score (nSPS) is 12.7. The standard InChI is InChI=1S/C10H9BClF4O/c1-7(5-12)6-17-8-2-3-9(10(13)4-8)11(14,15)16/h2-5H,6H2,1H3/q-1/b7-5-. The summed E-state index contributed by atoms with van der Waals surface area (Å²) < 4.78 is 55.1. The van der Waals surface area contributed by atoms with E-state index < -0.39 is 18.3 Å². The van der Waals surface area contributed by atoms with Crippen LogP contribution in [0.2, 0.25) is 0 Å². The lowest BCUT2D eigenvalue weighted by atomic mass is 9.80. The third-order valence-corrected chi connectivity index (χ3v) is 2.35. The third-order valence-electron chi connectivity index (χ3n) is 1.98. The molecule has 0 spiro atoms. The first-order chi connectivity index (χ1) is 7.84. The molecule has 0 atom stereocenters. The van der Waals surface area contributed by atoms with E-state index in [-0.39, 0.29) is 12.4 Å². The molecule has 94 valence electrons. The Bertz CT molecular complexity index is 431. The van der Waals surface area contributed by atoms with Crippen molar-refractivity contribution in [2.75, 3.05) is 6.61 Å². The van der Waals surface area contributed by atoms with Gasteiger partial charge in [-0.15, -0.1) is 0 Å². The molecule has 1 aromatic carbocycles. The number of hydrogen-bond donors (Lipinski definition) is 0. The zero-order chi connectivity index (χ0) is 13.1. The van der Waals surface area contributed by atoms with Crippen molar-refractivity contribution < 1.29 is 22.1 Å². The highest BCUT2D eigenvalue weighted by atomic mass is 35.5. The van der Waals surface area contributed by atoms with Crippen molar-refractivity contribution in [3.8, 4) is 5.75 Å². The third kappa shape index (κ3) is 3.96. The first-order valence-electron chi connectivity index (χ1n) is 4.72. The van der Waals surface area contributed by atoms with Gasteiger partial charge in [-0.2, -0.15) is 0 Å². The Morgan fingerprint density at radius 3 is 2.53 bits per heavy atom. The summed E-state index contributed by atoms with van der Waals surface area (Å²) in [6, 6.07) is 2.46. The average molecular weight is 267 g/mol. The Labute approximate surface area is 101 Å². The van der Waals surface area contributed by atoms with Gasteiger partial charge in [0, 0.05) is 11.6 Å². The van der Waals surface area contributed by atoms with Gasteiger partial charge in [-0.25, -0.2) is 4.39 Å². The van der Waals surface area contributed by atoms with Crippen molar-refractivity contribution in [3.05, 3.63) is 35.1 Å². The van der Waals surface area contributed by atoms with Gasteiger partial charge in [-0.3, -0.25) is 0 Å². The Kier molecular flexibility index (Phi) is 4.45. The Morgan fingerprint density at radius 1 is 1.41 bits per heavy atom. The topological polar surface area (TPSA) is 9.23 Å². The summed E-state index contributed by atoms with van der Waals surface area (Å²) in [5.74, 6) is -1.30. The van der Waals surface area contributed by atoms with Crippen LogP contribution in [0.1, 0.15) is 6.92 Å². The van der Waals surface area contributed by atoms with Crippen LogP contribution in [0.15, 0.2) is 29.3 Å². The van der Waals surface area contributed by atoms with E-state index in [4.69, 9.17) is 16.3 Å². The minimum absolute atomic E-state index is 0.0316. The molecule has 0 N–H and O–H groups in total. The van der Waals surface area contributed by atoms with Gasteiger partial charge in [0.1, 0.15) is 12.4 Å². The van der Waals surface area contributed by atoms with Crippen LogP contribution >= 0.6 is 11.6 Å². The molecule has 0 aliphatic carbocycles. The minimum Gasteiger partial charge on any atom is -0.489 e. The number of ether oxygens (including phenoxy) is 1. The van der Waals surface area contributed by atoms with Crippen molar-refractivity contribution in [1.82, 2.24) is 0 Å². The van der Waals surface area contributed by atoms with Gasteiger partial charge in [0.15, 0.2) is 0 Å². The fraction of sp³-hybridized carbons (Fsp3) is 0.200.